The van der Waals surface area contributed by atoms with E-state index >= 15 is 0 Å². The van der Waals surface area contributed by atoms with E-state index in [2.05, 4.69) is 30.8 Å². The van der Waals surface area contributed by atoms with E-state index in [-0.39, 0.29) is 0 Å². The van der Waals surface area contributed by atoms with Crippen LogP contribution in [0.15, 0.2) is 5.51 Å². The number of rotatable bonds is 10. The summed E-state index contributed by atoms with van der Waals surface area (Å²) in [7, 11) is 2.18. The third kappa shape index (κ3) is 6.02. The molecule has 1 rings (SSSR count). The molecule has 0 aliphatic carbocycles. The van der Waals surface area contributed by atoms with Gasteiger partial charge in [0, 0.05) is 24.0 Å². The number of aromatic nitrogens is 1. The van der Waals surface area contributed by atoms with Crippen LogP contribution in [-0.4, -0.2) is 29.5 Å². The van der Waals surface area contributed by atoms with Crippen LogP contribution >= 0.6 is 11.3 Å². The second-order valence-corrected chi connectivity index (χ2v) is 6.31. The smallest absolute Gasteiger partial charge is 0.0798 e. The summed E-state index contributed by atoms with van der Waals surface area (Å²) in [6.07, 6.45) is 7.90. The molecular weight excluding hydrogens is 254 g/mol. The van der Waals surface area contributed by atoms with Gasteiger partial charge in [-0.1, -0.05) is 39.0 Å². The fourth-order valence-corrected chi connectivity index (χ4v) is 3.17. The van der Waals surface area contributed by atoms with Gasteiger partial charge < -0.3 is 5.73 Å². The standard InChI is InChI=1S/C15H29N3S/c1-4-5-6-7-8-9-14(10-16)18(3)11-15-13(2)17-12-19-15/h12,14H,4-11,16H2,1-3H3. The third-order valence-electron chi connectivity index (χ3n) is 3.77. The van der Waals surface area contributed by atoms with Crippen LogP contribution in [0, 0.1) is 6.92 Å². The van der Waals surface area contributed by atoms with Crippen molar-refractivity contribution in [1.29, 1.82) is 0 Å². The van der Waals surface area contributed by atoms with Crippen LogP contribution < -0.4 is 5.73 Å². The second-order valence-electron chi connectivity index (χ2n) is 5.37. The molecule has 1 heterocycles. The van der Waals surface area contributed by atoms with Crippen LogP contribution in [0.25, 0.3) is 0 Å². The maximum absolute atomic E-state index is 5.93. The quantitative estimate of drug-likeness (QED) is 0.667. The van der Waals surface area contributed by atoms with E-state index in [0.29, 0.717) is 6.04 Å². The maximum atomic E-state index is 5.93. The lowest BCUT2D eigenvalue weighted by molar-refractivity contribution is 0.224. The van der Waals surface area contributed by atoms with E-state index < -0.39 is 0 Å². The zero-order valence-corrected chi connectivity index (χ0v) is 13.5. The zero-order valence-electron chi connectivity index (χ0n) is 12.7. The molecule has 0 aliphatic rings. The number of hydrogen-bond donors (Lipinski definition) is 1. The first-order chi connectivity index (χ1) is 9.19. The number of thiazole rings is 1. The molecular formula is C15H29N3S. The Morgan fingerprint density at radius 1 is 1.32 bits per heavy atom. The van der Waals surface area contributed by atoms with Gasteiger partial charge in [0.05, 0.1) is 11.2 Å². The summed E-state index contributed by atoms with van der Waals surface area (Å²) in [5, 5.41) is 0. The normalized spacial score (nSPS) is 13.1. The number of aryl methyl sites for hydroxylation is 1. The predicted octanol–water partition coefficient (Wildman–Crippen LogP) is 3.57. The van der Waals surface area contributed by atoms with Gasteiger partial charge in [0.1, 0.15) is 0 Å². The van der Waals surface area contributed by atoms with Crippen molar-refractivity contribution in [2.75, 3.05) is 13.6 Å². The summed E-state index contributed by atoms with van der Waals surface area (Å²) < 4.78 is 0. The van der Waals surface area contributed by atoms with Gasteiger partial charge in [-0.3, -0.25) is 4.90 Å². The van der Waals surface area contributed by atoms with Crippen molar-refractivity contribution < 1.29 is 0 Å². The Morgan fingerprint density at radius 3 is 2.63 bits per heavy atom. The lowest BCUT2D eigenvalue weighted by Crippen LogP contribution is -2.37. The van der Waals surface area contributed by atoms with E-state index in [4.69, 9.17) is 5.73 Å². The molecule has 19 heavy (non-hydrogen) atoms. The Morgan fingerprint density at radius 2 is 2.05 bits per heavy atom. The summed E-state index contributed by atoms with van der Waals surface area (Å²) in [5.74, 6) is 0. The van der Waals surface area contributed by atoms with Crippen molar-refractivity contribution >= 4 is 11.3 Å². The molecule has 1 aromatic heterocycles. The summed E-state index contributed by atoms with van der Waals surface area (Å²) in [5.41, 5.74) is 9.02. The van der Waals surface area contributed by atoms with E-state index in [1.54, 1.807) is 11.3 Å². The molecule has 0 bridgehead atoms. The minimum atomic E-state index is 0.503. The highest BCUT2D eigenvalue weighted by Crippen LogP contribution is 2.17. The lowest BCUT2D eigenvalue weighted by Gasteiger charge is -2.26. The molecule has 1 aromatic rings. The van der Waals surface area contributed by atoms with E-state index in [1.807, 2.05) is 5.51 Å². The van der Waals surface area contributed by atoms with E-state index in [0.717, 1.165) is 18.8 Å². The Labute approximate surface area is 122 Å². The van der Waals surface area contributed by atoms with Crippen LogP contribution in [0.5, 0.6) is 0 Å². The highest BCUT2D eigenvalue weighted by molar-refractivity contribution is 7.09. The molecule has 0 amide bonds. The van der Waals surface area contributed by atoms with Crippen molar-refractivity contribution in [3.63, 3.8) is 0 Å². The number of hydrogen-bond acceptors (Lipinski definition) is 4. The van der Waals surface area contributed by atoms with Gasteiger partial charge in [-0.15, -0.1) is 11.3 Å². The molecule has 4 heteroatoms. The maximum Gasteiger partial charge on any atom is 0.0798 e. The minimum Gasteiger partial charge on any atom is -0.329 e. The molecule has 0 fully saturated rings. The second kappa shape index (κ2) is 9.45. The van der Waals surface area contributed by atoms with E-state index in [1.165, 1.54) is 43.4 Å². The number of nitrogens with zero attached hydrogens (tertiary/aromatic N) is 2. The topological polar surface area (TPSA) is 42.1 Å². The number of nitrogens with two attached hydrogens (primary N) is 1. The first kappa shape index (κ1) is 16.6. The SMILES string of the molecule is CCCCCCCC(CN)N(C)Cc1scnc1C. The molecule has 0 aliphatic heterocycles. The Balaban J connectivity index is 2.31. The monoisotopic (exact) mass is 283 g/mol. The van der Waals surface area contributed by atoms with Crippen LogP contribution in [-0.2, 0) is 6.54 Å². The molecule has 2 N–H and O–H groups in total. The fourth-order valence-electron chi connectivity index (χ4n) is 2.34. The van der Waals surface area contributed by atoms with Crippen LogP contribution in [0.1, 0.15) is 56.0 Å². The Kier molecular flexibility index (Phi) is 8.26. The average molecular weight is 283 g/mol. The average Bonchev–Trinajstić information content (AvgIpc) is 2.79. The molecule has 0 saturated heterocycles. The van der Waals surface area contributed by atoms with Gasteiger partial charge in [-0.2, -0.15) is 0 Å². The zero-order chi connectivity index (χ0) is 14.1. The van der Waals surface area contributed by atoms with Crippen LogP contribution in [0.3, 0.4) is 0 Å². The van der Waals surface area contributed by atoms with Crippen molar-refractivity contribution in [2.24, 2.45) is 5.73 Å². The van der Waals surface area contributed by atoms with Crippen molar-refractivity contribution in [2.45, 2.75) is 65.0 Å². The summed E-state index contributed by atoms with van der Waals surface area (Å²) in [6.45, 7) is 6.07. The Bertz CT molecular complexity index is 338. The summed E-state index contributed by atoms with van der Waals surface area (Å²) in [6, 6.07) is 0.503. The molecule has 1 unspecified atom stereocenters. The highest BCUT2D eigenvalue weighted by Gasteiger charge is 2.14. The first-order valence-electron chi connectivity index (χ1n) is 7.48. The van der Waals surface area contributed by atoms with Gasteiger partial charge in [0.25, 0.3) is 0 Å². The van der Waals surface area contributed by atoms with Crippen molar-refractivity contribution in [1.82, 2.24) is 9.88 Å². The van der Waals surface area contributed by atoms with Crippen LogP contribution in [0.4, 0.5) is 0 Å². The largest absolute Gasteiger partial charge is 0.329 e. The molecule has 110 valence electrons. The fraction of sp³-hybridized carbons (Fsp3) is 0.800. The number of unbranched alkanes of at least 4 members (excludes halogenated alkanes) is 4. The number of likely N-dealkylation sites (N-methyl/N-ethyl adjacent to an activating group) is 1. The lowest BCUT2D eigenvalue weighted by atomic mass is 10.1. The molecule has 0 aromatic carbocycles. The summed E-state index contributed by atoms with van der Waals surface area (Å²) in [4.78, 5) is 8.07. The van der Waals surface area contributed by atoms with Gasteiger partial charge >= 0.3 is 0 Å². The molecule has 0 saturated carbocycles. The third-order valence-corrected chi connectivity index (χ3v) is 4.69. The highest BCUT2D eigenvalue weighted by atomic mass is 32.1. The van der Waals surface area contributed by atoms with Crippen molar-refractivity contribution in [3.8, 4) is 0 Å². The molecule has 0 spiro atoms. The van der Waals surface area contributed by atoms with Gasteiger partial charge in [0.2, 0.25) is 0 Å². The van der Waals surface area contributed by atoms with Crippen LogP contribution in [0.2, 0.25) is 0 Å². The van der Waals surface area contributed by atoms with E-state index in [9.17, 15) is 0 Å². The molecule has 1 atom stereocenters. The van der Waals surface area contributed by atoms with Gasteiger partial charge in [-0.05, 0) is 20.4 Å². The summed E-state index contributed by atoms with van der Waals surface area (Å²) >= 11 is 1.75. The molecule has 3 nitrogen and oxygen atoms in total. The first-order valence-corrected chi connectivity index (χ1v) is 8.36. The van der Waals surface area contributed by atoms with Gasteiger partial charge in [0.15, 0.2) is 0 Å². The molecule has 0 radical (unpaired) electrons. The van der Waals surface area contributed by atoms with Gasteiger partial charge in [-0.25, -0.2) is 4.98 Å². The van der Waals surface area contributed by atoms with Crippen molar-refractivity contribution in [3.05, 3.63) is 16.1 Å². The minimum absolute atomic E-state index is 0.503. The Hall–Kier alpha value is -0.450. The predicted molar refractivity (Wildman–Crippen MR) is 84.5 cm³/mol.